The molecule has 8 nitrogen and oxygen atoms in total. The minimum atomic E-state index is -2.97. The standard InChI is InChI=1S/C18H25N5O3S/c1-4-23(14-9-10-27(24,25)12-14)17-11-19-22-18(21-17)20-15-7-5-6-8-16(15)26-13(2)3/h5-8,11,13-14H,4,9-10,12H2,1-3H3,(H,20,21,22). The third-order valence-corrected chi connectivity index (χ3v) is 6.08. The van der Waals surface area contributed by atoms with Crippen LogP contribution in [0.3, 0.4) is 0 Å². The molecule has 1 saturated heterocycles. The molecule has 1 N–H and O–H groups in total. The summed E-state index contributed by atoms with van der Waals surface area (Å²) in [5.74, 6) is 2.03. The Morgan fingerprint density at radius 2 is 2.11 bits per heavy atom. The normalized spacial score (nSPS) is 18.4. The molecule has 0 radical (unpaired) electrons. The Morgan fingerprint density at radius 1 is 1.33 bits per heavy atom. The zero-order valence-electron chi connectivity index (χ0n) is 15.8. The lowest BCUT2D eigenvalue weighted by atomic mass is 10.2. The van der Waals surface area contributed by atoms with Crippen LogP contribution < -0.4 is 15.0 Å². The topological polar surface area (TPSA) is 97.3 Å². The Balaban J connectivity index is 1.82. The van der Waals surface area contributed by atoms with Gasteiger partial charge in [0.2, 0.25) is 5.95 Å². The summed E-state index contributed by atoms with van der Waals surface area (Å²) in [5, 5.41) is 11.2. The maximum absolute atomic E-state index is 11.8. The van der Waals surface area contributed by atoms with Gasteiger partial charge < -0.3 is 15.0 Å². The number of anilines is 3. The molecule has 1 aliphatic rings. The number of hydrogen-bond acceptors (Lipinski definition) is 8. The summed E-state index contributed by atoms with van der Waals surface area (Å²) in [6.45, 7) is 6.55. The van der Waals surface area contributed by atoms with Gasteiger partial charge in [0.05, 0.1) is 29.5 Å². The molecule has 146 valence electrons. The summed E-state index contributed by atoms with van der Waals surface area (Å²) in [7, 11) is -2.97. The van der Waals surface area contributed by atoms with Crippen LogP contribution in [0.4, 0.5) is 17.5 Å². The second-order valence-electron chi connectivity index (χ2n) is 6.77. The van der Waals surface area contributed by atoms with Crippen molar-refractivity contribution in [3.8, 4) is 5.75 Å². The van der Waals surface area contributed by atoms with E-state index in [9.17, 15) is 8.42 Å². The average molecular weight is 391 g/mol. The van der Waals surface area contributed by atoms with Crippen molar-refractivity contribution < 1.29 is 13.2 Å². The maximum atomic E-state index is 11.8. The molecule has 2 aromatic rings. The summed E-state index contributed by atoms with van der Waals surface area (Å²) in [4.78, 5) is 6.52. The lowest BCUT2D eigenvalue weighted by Crippen LogP contribution is -2.37. The molecule has 1 aromatic carbocycles. The summed E-state index contributed by atoms with van der Waals surface area (Å²) < 4.78 is 29.5. The van der Waals surface area contributed by atoms with Crippen molar-refractivity contribution in [3.63, 3.8) is 0 Å². The Morgan fingerprint density at radius 3 is 2.78 bits per heavy atom. The van der Waals surface area contributed by atoms with Crippen LogP contribution >= 0.6 is 0 Å². The number of rotatable bonds is 7. The van der Waals surface area contributed by atoms with E-state index < -0.39 is 9.84 Å². The zero-order valence-corrected chi connectivity index (χ0v) is 16.6. The Hall–Kier alpha value is -2.42. The third-order valence-electron chi connectivity index (χ3n) is 4.33. The van der Waals surface area contributed by atoms with Gasteiger partial charge in [0.25, 0.3) is 0 Å². The highest BCUT2D eigenvalue weighted by atomic mass is 32.2. The fraction of sp³-hybridized carbons (Fsp3) is 0.500. The largest absolute Gasteiger partial charge is 0.489 e. The average Bonchev–Trinajstić information content (AvgIpc) is 2.97. The first-order valence-corrected chi connectivity index (χ1v) is 10.9. The summed E-state index contributed by atoms with van der Waals surface area (Å²) in [6.07, 6.45) is 2.21. The number of aromatic nitrogens is 3. The van der Waals surface area contributed by atoms with Crippen molar-refractivity contribution in [3.05, 3.63) is 30.5 Å². The van der Waals surface area contributed by atoms with Crippen LogP contribution in [-0.4, -0.2) is 53.8 Å². The molecule has 0 aliphatic carbocycles. The van der Waals surface area contributed by atoms with Crippen molar-refractivity contribution in [2.45, 2.75) is 39.3 Å². The number of ether oxygens (including phenoxy) is 1. The fourth-order valence-corrected chi connectivity index (χ4v) is 4.89. The molecule has 9 heteroatoms. The first-order valence-electron chi connectivity index (χ1n) is 9.07. The molecular weight excluding hydrogens is 366 g/mol. The SMILES string of the molecule is CCN(c1cnnc(Nc2ccccc2OC(C)C)n1)C1CCS(=O)(=O)C1. The van der Waals surface area contributed by atoms with E-state index in [0.717, 1.165) is 5.69 Å². The van der Waals surface area contributed by atoms with Crippen molar-refractivity contribution in [1.29, 1.82) is 0 Å². The fourth-order valence-electron chi connectivity index (χ4n) is 3.16. The number of benzene rings is 1. The van der Waals surface area contributed by atoms with Gasteiger partial charge in [-0.15, -0.1) is 5.10 Å². The van der Waals surface area contributed by atoms with E-state index in [0.29, 0.717) is 30.5 Å². The first-order chi connectivity index (χ1) is 12.9. The Labute approximate surface area is 159 Å². The molecule has 1 fully saturated rings. The number of nitrogens with one attached hydrogen (secondary N) is 1. The summed E-state index contributed by atoms with van der Waals surface area (Å²) >= 11 is 0. The smallest absolute Gasteiger partial charge is 0.249 e. The molecule has 1 aromatic heterocycles. The van der Waals surface area contributed by atoms with Crippen LogP contribution in [0.25, 0.3) is 0 Å². The molecule has 1 aliphatic heterocycles. The van der Waals surface area contributed by atoms with Gasteiger partial charge in [-0.25, -0.2) is 8.42 Å². The molecule has 1 atom stereocenters. The van der Waals surface area contributed by atoms with Crippen LogP contribution in [0.2, 0.25) is 0 Å². The van der Waals surface area contributed by atoms with Crippen molar-refractivity contribution in [2.24, 2.45) is 0 Å². The van der Waals surface area contributed by atoms with Gasteiger partial charge in [-0.2, -0.15) is 10.1 Å². The van der Waals surface area contributed by atoms with E-state index in [2.05, 4.69) is 20.5 Å². The van der Waals surface area contributed by atoms with E-state index in [1.165, 1.54) is 0 Å². The Kier molecular flexibility index (Phi) is 5.79. The number of sulfone groups is 1. The van der Waals surface area contributed by atoms with Gasteiger partial charge in [0.15, 0.2) is 15.7 Å². The van der Waals surface area contributed by atoms with Crippen molar-refractivity contribution in [1.82, 2.24) is 15.2 Å². The highest BCUT2D eigenvalue weighted by Gasteiger charge is 2.32. The van der Waals surface area contributed by atoms with Crippen LogP contribution in [-0.2, 0) is 9.84 Å². The van der Waals surface area contributed by atoms with Gasteiger partial charge in [-0.05, 0) is 39.3 Å². The molecule has 2 heterocycles. The van der Waals surface area contributed by atoms with E-state index >= 15 is 0 Å². The van der Waals surface area contributed by atoms with E-state index in [4.69, 9.17) is 4.74 Å². The predicted octanol–water partition coefficient (Wildman–Crippen LogP) is 2.42. The molecule has 3 rings (SSSR count). The number of para-hydroxylation sites is 2. The van der Waals surface area contributed by atoms with Gasteiger partial charge in [-0.3, -0.25) is 0 Å². The molecule has 0 bridgehead atoms. The maximum Gasteiger partial charge on any atom is 0.249 e. The molecule has 0 saturated carbocycles. The molecule has 0 spiro atoms. The molecule has 27 heavy (non-hydrogen) atoms. The lowest BCUT2D eigenvalue weighted by molar-refractivity contribution is 0.244. The van der Waals surface area contributed by atoms with Gasteiger partial charge in [0.1, 0.15) is 5.75 Å². The number of hydrogen-bond donors (Lipinski definition) is 1. The minimum absolute atomic E-state index is 0.0400. The van der Waals surface area contributed by atoms with Crippen molar-refractivity contribution in [2.75, 3.05) is 28.3 Å². The third kappa shape index (κ3) is 4.85. The first kappa shape index (κ1) is 19.3. The monoisotopic (exact) mass is 391 g/mol. The summed E-state index contributed by atoms with van der Waals surface area (Å²) in [6, 6.07) is 7.48. The second kappa shape index (κ2) is 8.08. The van der Waals surface area contributed by atoms with E-state index in [-0.39, 0.29) is 23.7 Å². The molecule has 0 amide bonds. The molecular formula is C18H25N5O3S. The highest BCUT2D eigenvalue weighted by Crippen LogP contribution is 2.28. The van der Waals surface area contributed by atoms with Gasteiger partial charge in [0, 0.05) is 12.6 Å². The van der Waals surface area contributed by atoms with E-state index in [1.807, 2.05) is 49.9 Å². The van der Waals surface area contributed by atoms with E-state index in [1.54, 1.807) is 6.20 Å². The zero-order chi connectivity index (χ0) is 19.4. The second-order valence-corrected chi connectivity index (χ2v) is 9.00. The summed E-state index contributed by atoms with van der Waals surface area (Å²) in [5.41, 5.74) is 0.747. The minimum Gasteiger partial charge on any atom is -0.489 e. The Bertz CT molecular complexity index is 888. The van der Waals surface area contributed by atoms with Gasteiger partial charge in [-0.1, -0.05) is 12.1 Å². The quantitative estimate of drug-likeness (QED) is 0.768. The highest BCUT2D eigenvalue weighted by molar-refractivity contribution is 7.91. The van der Waals surface area contributed by atoms with Crippen molar-refractivity contribution >= 4 is 27.3 Å². The van der Waals surface area contributed by atoms with Gasteiger partial charge >= 0.3 is 0 Å². The van der Waals surface area contributed by atoms with Crippen LogP contribution in [0.1, 0.15) is 27.2 Å². The predicted molar refractivity (Wildman–Crippen MR) is 105 cm³/mol. The number of nitrogens with zero attached hydrogens (tertiary/aromatic N) is 4. The van der Waals surface area contributed by atoms with Crippen LogP contribution in [0, 0.1) is 0 Å². The molecule has 1 unspecified atom stereocenters. The van der Waals surface area contributed by atoms with Crippen LogP contribution in [0.5, 0.6) is 5.75 Å². The lowest BCUT2D eigenvalue weighted by Gasteiger charge is -2.27. The van der Waals surface area contributed by atoms with Crippen LogP contribution in [0.15, 0.2) is 30.5 Å².